The molecular formula is C13H14BrN3. The SMILES string of the molecule is Cc1cnc(NCCc2ccccn2)c(Br)c1. The van der Waals surface area contributed by atoms with Gasteiger partial charge in [0.1, 0.15) is 5.82 Å². The molecule has 0 radical (unpaired) electrons. The number of hydrogen-bond donors (Lipinski definition) is 1. The van der Waals surface area contributed by atoms with E-state index in [1.165, 1.54) is 0 Å². The van der Waals surface area contributed by atoms with Crippen LogP contribution in [-0.2, 0) is 6.42 Å². The molecule has 2 rings (SSSR count). The summed E-state index contributed by atoms with van der Waals surface area (Å²) in [5, 5.41) is 3.29. The van der Waals surface area contributed by atoms with Gasteiger partial charge >= 0.3 is 0 Å². The van der Waals surface area contributed by atoms with Gasteiger partial charge in [0.15, 0.2) is 0 Å². The van der Waals surface area contributed by atoms with Crippen LogP contribution in [0.3, 0.4) is 0 Å². The molecule has 17 heavy (non-hydrogen) atoms. The Morgan fingerprint density at radius 2 is 2.18 bits per heavy atom. The molecule has 0 aliphatic heterocycles. The number of aryl methyl sites for hydroxylation is 1. The van der Waals surface area contributed by atoms with Crippen molar-refractivity contribution in [3.63, 3.8) is 0 Å². The highest BCUT2D eigenvalue weighted by Gasteiger charge is 2.01. The van der Waals surface area contributed by atoms with E-state index in [0.29, 0.717) is 0 Å². The fourth-order valence-electron chi connectivity index (χ4n) is 1.52. The molecule has 0 saturated carbocycles. The number of anilines is 1. The predicted molar refractivity (Wildman–Crippen MR) is 73.1 cm³/mol. The van der Waals surface area contributed by atoms with E-state index in [9.17, 15) is 0 Å². The van der Waals surface area contributed by atoms with Crippen LogP contribution in [0.1, 0.15) is 11.3 Å². The lowest BCUT2D eigenvalue weighted by atomic mass is 10.2. The van der Waals surface area contributed by atoms with Gasteiger partial charge < -0.3 is 5.32 Å². The van der Waals surface area contributed by atoms with Crippen LogP contribution < -0.4 is 5.32 Å². The van der Waals surface area contributed by atoms with Crippen molar-refractivity contribution in [1.29, 1.82) is 0 Å². The van der Waals surface area contributed by atoms with Crippen LogP contribution in [0.4, 0.5) is 5.82 Å². The molecule has 0 aromatic carbocycles. The largest absolute Gasteiger partial charge is 0.369 e. The molecule has 2 heterocycles. The molecule has 2 aromatic rings. The third kappa shape index (κ3) is 3.53. The summed E-state index contributed by atoms with van der Waals surface area (Å²) in [7, 11) is 0. The van der Waals surface area contributed by atoms with E-state index in [-0.39, 0.29) is 0 Å². The Hall–Kier alpha value is -1.42. The minimum absolute atomic E-state index is 0.825. The minimum Gasteiger partial charge on any atom is -0.369 e. The number of aromatic nitrogens is 2. The maximum atomic E-state index is 4.33. The molecule has 0 aliphatic carbocycles. The molecular weight excluding hydrogens is 278 g/mol. The number of rotatable bonds is 4. The summed E-state index contributed by atoms with van der Waals surface area (Å²) in [5.74, 6) is 0.881. The zero-order chi connectivity index (χ0) is 12.1. The molecule has 3 nitrogen and oxygen atoms in total. The summed E-state index contributed by atoms with van der Waals surface area (Å²) >= 11 is 3.49. The fourth-order valence-corrected chi connectivity index (χ4v) is 2.12. The van der Waals surface area contributed by atoms with Crippen LogP contribution in [0.25, 0.3) is 0 Å². The number of nitrogens with one attached hydrogen (secondary N) is 1. The Kier molecular flexibility index (Phi) is 4.09. The van der Waals surface area contributed by atoms with Gasteiger partial charge in [-0.1, -0.05) is 6.07 Å². The smallest absolute Gasteiger partial charge is 0.140 e. The first-order valence-electron chi connectivity index (χ1n) is 5.51. The third-order valence-electron chi connectivity index (χ3n) is 2.38. The summed E-state index contributed by atoms with van der Waals surface area (Å²) in [6.45, 7) is 2.85. The molecule has 0 spiro atoms. The van der Waals surface area contributed by atoms with E-state index in [0.717, 1.165) is 34.5 Å². The quantitative estimate of drug-likeness (QED) is 0.940. The first-order chi connectivity index (χ1) is 8.25. The number of halogens is 1. The third-order valence-corrected chi connectivity index (χ3v) is 2.98. The van der Waals surface area contributed by atoms with Crippen molar-refractivity contribution < 1.29 is 0 Å². The average molecular weight is 292 g/mol. The first kappa shape index (κ1) is 12.0. The fraction of sp³-hybridized carbons (Fsp3) is 0.231. The summed E-state index contributed by atoms with van der Waals surface area (Å²) in [6, 6.07) is 8.01. The van der Waals surface area contributed by atoms with Crippen LogP contribution in [-0.4, -0.2) is 16.5 Å². The molecule has 0 fully saturated rings. The number of hydrogen-bond acceptors (Lipinski definition) is 3. The van der Waals surface area contributed by atoms with Gasteiger partial charge in [-0.3, -0.25) is 4.98 Å². The maximum absolute atomic E-state index is 4.33. The Labute approximate surface area is 109 Å². The second kappa shape index (κ2) is 5.77. The Morgan fingerprint density at radius 1 is 1.29 bits per heavy atom. The van der Waals surface area contributed by atoms with Crippen LogP contribution in [0.5, 0.6) is 0 Å². The second-order valence-electron chi connectivity index (χ2n) is 3.84. The lowest BCUT2D eigenvalue weighted by Gasteiger charge is -2.07. The molecule has 0 atom stereocenters. The van der Waals surface area contributed by atoms with E-state index in [1.807, 2.05) is 37.5 Å². The van der Waals surface area contributed by atoms with Gasteiger partial charge in [-0.15, -0.1) is 0 Å². The summed E-state index contributed by atoms with van der Waals surface area (Å²) in [5.41, 5.74) is 2.23. The topological polar surface area (TPSA) is 37.8 Å². The second-order valence-corrected chi connectivity index (χ2v) is 4.70. The van der Waals surface area contributed by atoms with E-state index in [1.54, 1.807) is 0 Å². The zero-order valence-corrected chi connectivity index (χ0v) is 11.2. The van der Waals surface area contributed by atoms with Gasteiger partial charge in [-0.05, 0) is 46.6 Å². The highest BCUT2D eigenvalue weighted by molar-refractivity contribution is 9.10. The van der Waals surface area contributed by atoms with E-state index in [2.05, 4.69) is 37.3 Å². The van der Waals surface area contributed by atoms with E-state index < -0.39 is 0 Å². The molecule has 1 N–H and O–H groups in total. The molecule has 0 aliphatic rings. The van der Waals surface area contributed by atoms with Crippen LogP contribution >= 0.6 is 15.9 Å². The molecule has 0 saturated heterocycles. The van der Waals surface area contributed by atoms with Gasteiger partial charge in [0.2, 0.25) is 0 Å². The molecule has 4 heteroatoms. The highest BCUT2D eigenvalue weighted by Crippen LogP contribution is 2.20. The normalized spacial score (nSPS) is 10.2. The Morgan fingerprint density at radius 3 is 2.88 bits per heavy atom. The molecule has 0 unspecified atom stereocenters. The molecule has 88 valence electrons. The Bertz CT molecular complexity index is 485. The summed E-state index contributed by atoms with van der Waals surface area (Å²) in [4.78, 5) is 8.60. The van der Waals surface area contributed by atoms with Crippen molar-refractivity contribution in [2.75, 3.05) is 11.9 Å². The van der Waals surface area contributed by atoms with Crippen molar-refractivity contribution >= 4 is 21.7 Å². The molecule has 2 aromatic heterocycles. The van der Waals surface area contributed by atoms with E-state index in [4.69, 9.17) is 0 Å². The maximum Gasteiger partial charge on any atom is 0.140 e. The highest BCUT2D eigenvalue weighted by atomic mass is 79.9. The van der Waals surface area contributed by atoms with Gasteiger partial charge in [0.05, 0.1) is 4.47 Å². The first-order valence-corrected chi connectivity index (χ1v) is 6.31. The summed E-state index contributed by atoms with van der Waals surface area (Å²) < 4.78 is 0.999. The van der Waals surface area contributed by atoms with Crippen molar-refractivity contribution in [3.8, 4) is 0 Å². The van der Waals surface area contributed by atoms with Crippen LogP contribution in [0, 0.1) is 6.92 Å². The minimum atomic E-state index is 0.825. The van der Waals surface area contributed by atoms with Gasteiger partial charge in [-0.25, -0.2) is 4.98 Å². The molecule has 0 bridgehead atoms. The standard InChI is InChI=1S/C13H14BrN3/c1-10-8-12(14)13(17-9-10)16-7-5-11-4-2-3-6-15-11/h2-4,6,8-9H,5,7H2,1H3,(H,16,17). The van der Waals surface area contributed by atoms with Gasteiger partial charge in [0.25, 0.3) is 0 Å². The molecule has 0 amide bonds. The zero-order valence-electron chi connectivity index (χ0n) is 9.65. The predicted octanol–water partition coefficient (Wildman–Crippen LogP) is 3.20. The van der Waals surface area contributed by atoms with Gasteiger partial charge in [-0.2, -0.15) is 0 Å². The van der Waals surface area contributed by atoms with Crippen molar-refractivity contribution in [1.82, 2.24) is 9.97 Å². The van der Waals surface area contributed by atoms with Crippen molar-refractivity contribution in [2.24, 2.45) is 0 Å². The van der Waals surface area contributed by atoms with Crippen molar-refractivity contribution in [3.05, 3.63) is 52.4 Å². The van der Waals surface area contributed by atoms with Gasteiger partial charge in [0, 0.05) is 31.1 Å². The lowest BCUT2D eigenvalue weighted by Crippen LogP contribution is -2.07. The lowest BCUT2D eigenvalue weighted by molar-refractivity contribution is 0.952. The Balaban J connectivity index is 1.90. The van der Waals surface area contributed by atoms with Crippen molar-refractivity contribution in [2.45, 2.75) is 13.3 Å². The summed E-state index contributed by atoms with van der Waals surface area (Å²) in [6.07, 6.45) is 4.56. The van der Waals surface area contributed by atoms with Crippen LogP contribution in [0.15, 0.2) is 41.1 Å². The number of pyridine rings is 2. The number of nitrogens with zero attached hydrogens (tertiary/aromatic N) is 2. The van der Waals surface area contributed by atoms with Crippen LogP contribution in [0.2, 0.25) is 0 Å². The monoisotopic (exact) mass is 291 g/mol. The van der Waals surface area contributed by atoms with E-state index >= 15 is 0 Å². The average Bonchev–Trinajstić information content (AvgIpc) is 2.33.